The van der Waals surface area contributed by atoms with E-state index in [1.807, 2.05) is 0 Å². The van der Waals surface area contributed by atoms with Crippen LogP contribution in [0.15, 0.2) is 0 Å². The molecule has 1 saturated carbocycles. The van der Waals surface area contributed by atoms with Crippen LogP contribution in [0, 0.1) is 12.3 Å². The van der Waals surface area contributed by atoms with Gasteiger partial charge in [0, 0.05) is 25.3 Å². The molecule has 0 bridgehead atoms. The van der Waals surface area contributed by atoms with Crippen molar-refractivity contribution in [2.45, 2.75) is 50.4 Å². The molecule has 0 N–H and O–H groups in total. The summed E-state index contributed by atoms with van der Waals surface area (Å²) >= 11 is 0. The maximum absolute atomic E-state index is 5.74. The summed E-state index contributed by atoms with van der Waals surface area (Å²) in [5.41, 5.74) is 0. The lowest BCUT2D eigenvalue weighted by molar-refractivity contribution is -0.183. The Morgan fingerprint density at radius 1 is 1.29 bits per heavy atom. The van der Waals surface area contributed by atoms with E-state index in [-0.39, 0.29) is 5.79 Å². The average Bonchev–Trinajstić information content (AvgIpc) is 2.79. The van der Waals surface area contributed by atoms with Crippen LogP contribution in [0.1, 0.15) is 38.5 Å². The molecule has 2 aliphatic rings. The van der Waals surface area contributed by atoms with Gasteiger partial charge in [-0.2, -0.15) is 0 Å². The van der Waals surface area contributed by atoms with E-state index < -0.39 is 0 Å². The van der Waals surface area contributed by atoms with E-state index in [1.165, 1.54) is 12.8 Å². The molecule has 3 heteroatoms. The van der Waals surface area contributed by atoms with E-state index in [9.17, 15) is 0 Å². The lowest BCUT2D eigenvalue weighted by Gasteiger charge is -2.39. The van der Waals surface area contributed by atoms with Gasteiger partial charge in [0.15, 0.2) is 5.79 Å². The molecule has 3 nitrogen and oxygen atoms in total. The summed E-state index contributed by atoms with van der Waals surface area (Å²) in [6, 6.07) is 0.672. The van der Waals surface area contributed by atoms with E-state index in [4.69, 9.17) is 15.9 Å². The van der Waals surface area contributed by atoms with Gasteiger partial charge < -0.3 is 14.4 Å². The van der Waals surface area contributed by atoms with Crippen LogP contribution in [0.2, 0.25) is 0 Å². The third kappa shape index (κ3) is 3.22. The van der Waals surface area contributed by atoms with Crippen LogP contribution >= 0.6 is 0 Å². The molecule has 2 rings (SSSR count). The smallest absolute Gasteiger partial charge is 0.168 e. The van der Waals surface area contributed by atoms with Crippen molar-refractivity contribution in [2.24, 2.45) is 0 Å². The van der Waals surface area contributed by atoms with Crippen molar-refractivity contribution in [1.29, 1.82) is 0 Å². The fourth-order valence-electron chi connectivity index (χ4n) is 2.88. The Hall–Kier alpha value is -0.560. The number of terminal acetylenes is 1. The maximum Gasteiger partial charge on any atom is 0.168 e. The second-order valence-corrected chi connectivity index (χ2v) is 5.13. The van der Waals surface area contributed by atoms with Crippen LogP contribution in [0.4, 0.5) is 0 Å². The SMILES string of the molecule is C#CCCCN(C)C1CCC2(CC1)OCCO2. The number of ether oxygens (including phenoxy) is 2. The van der Waals surface area contributed by atoms with Gasteiger partial charge in [-0.05, 0) is 32.9 Å². The van der Waals surface area contributed by atoms with E-state index in [1.54, 1.807) is 0 Å². The molecular formula is C14H23NO2. The van der Waals surface area contributed by atoms with E-state index >= 15 is 0 Å². The summed E-state index contributed by atoms with van der Waals surface area (Å²) in [4.78, 5) is 2.44. The average molecular weight is 237 g/mol. The molecule has 0 atom stereocenters. The molecular weight excluding hydrogens is 214 g/mol. The second-order valence-electron chi connectivity index (χ2n) is 5.13. The van der Waals surface area contributed by atoms with Crippen LogP contribution in [-0.4, -0.2) is 43.5 Å². The zero-order valence-corrected chi connectivity index (χ0v) is 10.8. The number of nitrogens with zero attached hydrogens (tertiary/aromatic N) is 1. The van der Waals surface area contributed by atoms with Crippen LogP contribution in [0.5, 0.6) is 0 Å². The first-order chi connectivity index (χ1) is 8.26. The molecule has 1 aliphatic heterocycles. The predicted molar refractivity (Wildman–Crippen MR) is 67.6 cm³/mol. The minimum absolute atomic E-state index is 0.226. The molecule has 1 saturated heterocycles. The summed E-state index contributed by atoms with van der Waals surface area (Å²) in [5, 5.41) is 0. The van der Waals surface area contributed by atoms with Crippen molar-refractivity contribution in [3.63, 3.8) is 0 Å². The Bertz CT molecular complexity index is 268. The van der Waals surface area contributed by atoms with E-state index in [0.29, 0.717) is 6.04 Å². The van der Waals surface area contributed by atoms with Gasteiger partial charge in [-0.3, -0.25) is 0 Å². The third-order valence-electron chi connectivity index (χ3n) is 3.99. The molecule has 0 radical (unpaired) electrons. The van der Waals surface area contributed by atoms with Gasteiger partial charge in [-0.25, -0.2) is 0 Å². The van der Waals surface area contributed by atoms with Crippen LogP contribution < -0.4 is 0 Å². The molecule has 2 fully saturated rings. The highest BCUT2D eigenvalue weighted by molar-refractivity contribution is 4.87. The van der Waals surface area contributed by atoms with E-state index in [2.05, 4.69) is 17.9 Å². The van der Waals surface area contributed by atoms with Gasteiger partial charge in [0.2, 0.25) is 0 Å². The predicted octanol–water partition coefficient (Wildman–Crippen LogP) is 2.02. The molecule has 0 unspecified atom stereocenters. The lowest BCUT2D eigenvalue weighted by atomic mass is 9.89. The van der Waals surface area contributed by atoms with Gasteiger partial charge in [0.1, 0.15) is 0 Å². The largest absolute Gasteiger partial charge is 0.348 e. The highest BCUT2D eigenvalue weighted by Gasteiger charge is 2.40. The minimum Gasteiger partial charge on any atom is -0.348 e. The van der Waals surface area contributed by atoms with Crippen LogP contribution in [-0.2, 0) is 9.47 Å². The van der Waals surface area contributed by atoms with Crippen molar-refractivity contribution < 1.29 is 9.47 Å². The van der Waals surface area contributed by atoms with Gasteiger partial charge in [0.25, 0.3) is 0 Å². The van der Waals surface area contributed by atoms with Gasteiger partial charge in [-0.15, -0.1) is 12.3 Å². The van der Waals surface area contributed by atoms with Crippen LogP contribution in [0.3, 0.4) is 0 Å². The fourth-order valence-corrected chi connectivity index (χ4v) is 2.88. The standard InChI is InChI=1S/C14H23NO2/c1-3-4-5-10-15(2)13-6-8-14(9-7-13)16-11-12-17-14/h1,13H,4-12H2,2H3. The summed E-state index contributed by atoms with van der Waals surface area (Å²) in [7, 11) is 2.20. The number of unbranched alkanes of at least 4 members (excludes halogenated alkanes) is 1. The van der Waals surface area contributed by atoms with Gasteiger partial charge in [-0.1, -0.05) is 0 Å². The van der Waals surface area contributed by atoms with Crippen molar-refractivity contribution >= 4 is 0 Å². The number of rotatable bonds is 4. The Morgan fingerprint density at radius 3 is 2.53 bits per heavy atom. The number of hydrogen-bond donors (Lipinski definition) is 0. The summed E-state index contributed by atoms with van der Waals surface area (Å²) < 4.78 is 11.5. The highest BCUT2D eigenvalue weighted by atomic mass is 16.7. The van der Waals surface area contributed by atoms with Crippen molar-refractivity contribution in [2.75, 3.05) is 26.8 Å². The zero-order chi connectivity index (χ0) is 12.1. The maximum atomic E-state index is 5.74. The normalized spacial score (nSPS) is 24.3. The molecule has 96 valence electrons. The summed E-state index contributed by atoms with van der Waals surface area (Å²) in [6.45, 7) is 2.63. The van der Waals surface area contributed by atoms with Crippen LogP contribution in [0.25, 0.3) is 0 Å². The molecule has 17 heavy (non-hydrogen) atoms. The Morgan fingerprint density at radius 2 is 1.94 bits per heavy atom. The molecule has 0 aromatic heterocycles. The fraction of sp³-hybridized carbons (Fsp3) is 0.857. The molecule has 1 aliphatic carbocycles. The first kappa shape index (κ1) is 12.9. The Balaban J connectivity index is 1.72. The molecule has 0 aromatic carbocycles. The molecule has 1 heterocycles. The molecule has 0 aromatic rings. The minimum atomic E-state index is -0.226. The first-order valence-corrected chi connectivity index (χ1v) is 6.67. The lowest BCUT2D eigenvalue weighted by Crippen LogP contribution is -2.43. The topological polar surface area (TPSA) is 21.7 Å². The van der Waals surface area contributed by atoms with Crippen molar-refractivity contribution in [3.8, 4) is 12.3 Å². The Labute approximate surface area is 104 Å². The highest BCUT2D eigenvalue weighted by Crippen LogP contribution is 2.37. The Kier molecular flexibility index (Phi) is 4.44. The quantitative estimate of drug-likeness (QED) is 0.551. The second kappa shape index (κ2) is 5.86. The monoisotopic (exact) mass is 237 g/mol. The van der Waals surface area contributed by atoms with E-state index in [0.717, 1.165) is 45.4 Å². The number of hydrogen-bond acceptors (Lipinski definition) is 3. The zero-order valence-electron chi connectivity index (χ0n) is 10.8. The van der Waals surface area contributed by atoms with Gasteiger partial charge >= 0.3 is 0 Å². The first-order valence-electron chi connectivity index (χ1n) is 6.67. The molecule has 1 spiro atoms. The summed E-state index contributed by atoms with van der Waals surface area (Å²) in [6.07, 6.45) is 11.7. The van der Waals surface area contributed by atoms with Crippen molar-refractivity contribution in [1.82, 2.24) is 4.90 Å². The molecule has 0 amide bonds. The third-order valence-corrected chi connectivity index (χ3v) is 3.99. The van der Waals surface area contributed by atoms with Gasteiger partial charge in [0.05, 0.1) is 13.2 Å². The summed E-state index contributed by atoms with van der Waals surface area (Å²) in [5.74, 6) is 2.47. The van der Waals surface area contributed by atoms with Crippen molar-refractivity contribution in [3.05, 3.63) is 0 Å².